The summed E-state index contributed by atoms with van der Waals surface area (Å²) in [4.78, 5) is 7.23. The van der Waals surface area contributed by atoms with Crippen LogP contribution in [0, 0.1) is 0 Å². The number of nitrogens with one attached hydrogen (secondary N) is 2. The Morgan fingerprint density at radius 1 is 1.22 bits per heavy atom. The number of halogens is 1. The highest BCUT2D eigenvalue weighted by molar-refractivity contribution is 14.0. The molecule has 2 rings (SSSR count). The van der Waals surface area contributed by atoms with Crippen molar-refractivity contribution in [1.82, 2.24) is 15.5 Å². The van der Waals surface area contributed by atoms with Crippen molar-refractivity contribution in [2.24, 2.45) is 4.99 Å². The molecule has 0 spiro atoms. The molecule has 0 radical (unpaired) electrons. The Hall–Kier alpha value is 0.0700. The number of rotatable bonds is 9. The van der Waals surface area contributed by atoms with Gasteiger partial charge in [-0.1, -0.05) is 13.3 Å². The van der Waals surface area contributed by atoms with Crippen LogP contribution in [0.15, 0.2) is 4.99 Å². The van der Waals surface area contributed by atoms with Crippen LogP contribution in [0.5, 0.6) is 0 Å². The number of guanidine groups is 1. The molecule has 0 aromatic carbocycles. The molecule has 27 heavy (non-hydrogen) atoms. The highest BCUT2D eigenvalue weighted by atomic mass is 127. The van der Waals surface area contributed by atoms with Gasteiger partial charge in [-0.2, -0.15) is 0 Å². The van der Waals surface area contributed by atoms with Gasteiger partial charge in [0.15, 0.2) is 5.96 Å². The van der Waals surface area contributed by atoms with E-state index in [4.69, 9.17) is 9.73 Å². The summed E-state index contributed by atoms with van der Waals surface area (Å²) in [5.41, 5.74) is 0. The van der Waals surface area contributed by atoms with Gasteiger partial charge in [-0.05, 0) is 45.6 Å². The molecule has 6 nitrogen and oxygen atoms in total. The van der Waals surface area contributed by atoms with E-state index in [0.29, 0.717) is 11.3 Å². The molecule has 1 saturated heterocycles. The Morgan fingerprint density at radius 3 is 2.70 bits per heavy atom. The lowest BCUT2D eigenvalue weighted by Gasteiger charge is -2.30. The zero-order valence-electron chi connectivity index (χ0n) is 17.1. The van der Waals surface area contributed by atoms with Crippen molar-refractivity contribution < 1.29 is 8.95 Å². The largest absolute Gasteiger partial charge is 0.379 e. The second-order valence-corrected chi connectivity index (χ2v) is 9.23. The molecule has 2 N–H and O–H groups in total. The molecule has 0 aromatic heterocycles. The van der Waals surface area contributed by atoms with Crippen molar-refractivity contribution in [2.45, 2.75) is 63.7 Å². The summed E-state index contributed by atoms with van der Waals surface area (Å²) < 4.78 is 17.5. The van der Waals surface area contributed by atoms with E-state index in [1.165, 1.54) is 6.42 Å². The van der Waals surface area contributed by atoms with Crippen LogP contribution in [0.25, 0.3) is 0 Å². The summed E-state index contributed by atoms with van der Waals surface area (Å²) in [6.07, 6.45) is 6.71. The summed E-state index contributed by atoms with van der Waals surface area (Å²) in [5, 5.41) is 7.30. The maximum Gasteiger partial charge on any atom is 0.191 e. The van der Waals surface area contributed by atoms with Gasteiger partial charge in [-0.3, -0.25) is 14.1 Å². The second kappa shape index (κ2) is 15.0. The molecule has 160 valence electrons. The van der Waals surface area contributed by atoms with Crippen LogP contribution in [0.1, 0.15) is 52.4 Å². The third kappa shape index (κ3) is 9.89. The minimum absolute atomic E-state index is 0. The molecule has 8 heteroatoms. The Bertz CT molecular complexity index is 447. The fourth-order valence-corrected chi connectivity index (χ4v) is 5.07. The lowest BCUT2D eigenvalue weighted by atomic mass is 9.95. The molecule has 0 aromatic rings. The second-order valence-electron chi connectivity index (χ2n) is 7.22. The number of aliphatic imine (C=N–C) groups is 1. The smallest absolute Gasteiger partial charge is 0.191 e. The summed E-state index contributed by atoms with van der Waals surface area (Å²) in [6.45, 7) is 10.9. The molecule has 1 aliphatic carbocycles. The number of morpholine rings is 1. The molecule has 0 amide bonds. The van der Waals surface area contributed by atoms with Gasteiger partial charge in [0.05, 0.1) is 13.2 Å². The number of ether oxygens (including phenoxy) is 1. The SMILES string of the molecule is CCNC(=NCCCCN1CCOCC1)NC1CCCC(S(=O)CC)C1.I. The fraction of sp³-hybridized carbons (Fsp3) is 0.947. The van der Waals surface area contributed by atoms with E-state index in [9.17, 15) is 4.21 Å². The summed E-state index contributed by atoms with van der Waals surface area (Å²) in [6, 6.07) is 0.399. The Kier molecular flexibility index (Phi) is 13.9. The van der Waals surface area contributed by atoms with Crippen molar-refractivity contribution in [3.05, 3.63) is 0 Å². The first-order chi connectivity index (χ1) is 12.7. The van der Waals surface area contributed by atoms with Gasteiger partial charge in [0, 0.05) is 54.0 Å². The van der Waals surface area contributed by atoms with E-state index in [-0.39, 0.29) is 24.0 Å². The normalized spacial score (nSPS) is 25.5. The monoisotopic (exact) mass is 514 g/mol. The van der Waals surface area contributed by atoms with Gasteiger partial charge in [0.25, 0.3) is 0 Å². The molecule has 2 aliphatic rings. The zero-order valence-corrected chi connectivity index (χ0v) is 20.2. The first kappa shape index (κ1) is 25.1. The highest BCUT2D eigenvalue weighted by Crippen LogP contribution is 2.22. The number of nitrogens with zero attached hydrogens (tertiary/aromatic N) is 2. The van der Waals surface area contributed by atoms with E-state index in [0.717, 1.165) is 89.8 Å². The van der Waals surface area contributed by atoms with Crippen LogP contribution in [0.4, 0.5) is 0 Å². The van der Waals surface area contributed by atoms with E-state index < -0.39 is 10.8 Å². The van der Waals surface area contributed by atoms with E-state index in [1.54, 1.807) is 0 Å². The molecular weight excluding hydrogens is 475 g/mol. The number of hydrogen-bond donors (Lipinski definition) is 2. The lowest BCUT2D eigenvalue weighted by Crippen LogP contribution is -2.46. The molecule has 1 saturated carbocycles. The molecule has 1 heterocycles. The zero-order chi connectivity index (χ0) is 18.6. The lowest BCUT2D eigenvalue weighted by molar-refractivity contribution is 0.0373. The first-order valence-electron chi connectivity index (χ1n) is 10.4. The maximum absolute atomic E-state index is 12.1. The molecule has 3 unspecified atom stereocenters. The number of hydrogen-bond acceptors (Lipinski definition) is 4. The fourth-order valence-electron chi connectivity index (χ4n) is 3.73. The predicted molar refractivity (Wildman–Crippen MR) is 126 cm³/mol. The van der Waals surface area contributed by atoms with E-state index in [2.05, 4.69) is 22.5 Å². The minimum atomic E-state index is -0.677. The summed E-state index contributed by atoms with van der Waals surface area (Å²) in [5.74, 6) is 1.70. The molecule has 1 aliphatic heterocycles. The minimum Gasteiger partial charge on any atom is -0.379 e. The third-order valence-corrected chi connectivity index (χ3v) is 6.96. The quantitative estimate of drug-likeness (QED) is 0.214. The van der Waals surface area contributed by atoms with Gasteiger partial charge >= 0.3 is 0 Å². The first-order valence-corrected chi connectivity index (χ1v) is 11.8. The van der Waals surface area contributed by atoms with Crippen LogP contribution in [-0.4, -0.2) is 78.1 Å². The average molecular weight is 515 g/mol. The van der Waals surface area contributed by atoms with Crippen LogP contribution in [-0.2, 0) is 15.5 Å². The van der Waals surface area contributed by atoms with Crippen molar-refractivity contribution in [1.29, 1.82) is 0 Å². The van der Waals surface area contributed by atoms with Gasteiger partial charge in [-0.15, -0.1) is 24.0 Å². The summed E-state index contributed by atoms with van der Waals surface area (Å²) >= 11 is 0. The van der Waals surface area contributed by atoms with Gasteiger partial charge in [0.1, 0.15) is 0 Å². The molecule has 2 fully saturated rings. The Balaban J connectivity index is 0.00000364. The summed E-state index contributed by atoms with van der Waals surface area (Å²) in [7, 11) is -0.677. The topological polar surface area (TPSA) is 66.0 Å². The molecular formula is C19H39IN4O2S. The van der Waals surface area contributed by atoms with Crippen LogP contribution in [0.3, 0.4) is 0 Å². The van der Waals surface area contributed by atoms with Gasteiger partial charge in [0.2, 0.25) is 0 Å². The average Bonchev–Trinajstić information content (AvgIpc) is 2.68. The van der Waals surface area contributed by atoms with E-state index >= 15 is 0 Å². The third-order valence-electron chi connectivity index (χ3n) is 5.22. The van der Waals surface area contributed by atoms with Crippen LogP contribution < -0.4 is 10.6 Å². The highest BCUT2D eigenvalue weighted by Gasteiger charge is 2.26. The van der Waals surface area contributed by atoms with Crippen LogP contribution >= 0.6 is 24.0 Å². The van der Waals surface area contributed by atoms with Crippen molar-refractivity contribution in [3.63, 3.8) is 0 Å². The predicted octanol–water partition coefficient (Wildman–Crippen LogP) is 2.35. The van der Waals surface area contributed by atoms with Gasteiger partial charge < -0.3 is 15.4 Å². The van der Waals surface area contributed by atoms with Gasteiger partial charge in [-0.25, -0.2) is 0 Å². The van der Waals surface area contributed by atoms with Crippen LogP contribution in [0.2, 0.25) is 0 Å². The Morgan fingerprint density at radius 2 is 2.00 bits per heavy atom. The van der Waals surface area contributed by atoms with Crippen molar-refractivity contribution in [2.75, 3.05) is 51.7 Å². The molecule has 3 atom stereocenters. The molecule has 0 bridgehead atoms. The number of unbranched alkanes of at least 4 members (excludes halogenated alkanes) is 1. The van der Waals surface area contributed by atoms with Crippen molar-refractivity contribution in [3.8, 4) is 0 Å². The van der Waals surface area contributed by atoms with Crippen molar-refractivity contribution >= 4 is 40.7 Å². The standard InChI is InChI=1S/C19H38N4O2S.HI/c1-3-20-19(21-10-5-6-11-23-12-14-25-15-13-23)22-17-8-7-9-18(16-17)26(24)4-2;/h17-18H,3-16H2,1-2H3,(H2,20,21,22);1H. The van der Waals surface area contributed by atoms with E-state index in [1.807, 2.05) is 6.92 Å². The maximum atomic E-state index is 12.1. The Labute approximate surface area is 185 Å².